The minimum absolute atomic E-state index is 0.0172. The minimum atomic E-state index is -0.466. The zero-order valence-corrected chi connectivity index (χ0v) is 12.2. The van der Waals surface area contributed by atoms with E-state index in [1.54, 1.807) is 0 Å². The molecule has 3 N–H and O–H groups in total. The first-order chi connectivity index (χ1) is 8.76. The molecule has 0 heterocycles. The standard InChI is InChI=1S/C14H26N2O3/c1-13(2,3)8-11(18)15-9-12(19)16-14(10-17)6-4-5-7-14/h17H,4-10H2,1-3H3,(H,15,18)(H,16,19). The number of hydrogen-bond donors (Lipinski definition) is 3. The van der Waals surface area contributed by atoms with Gasteiger partial charge in [0.2, 0.25) is 11.8 Å². The average molecular weight is 270 g/mol. The quantitative estimate of drug-likeness (QED) is 0.696. The van der Waals surface area contributed by atoms with Crippen molar-refractivity contribution in [3.8, 4) is 0 Å². The van der Waals surface area contributed by atoms with Crippen molar-refractivity contribution in [1.82, 2.24) is 10.6 Å². The van der Waals surface area contributed by atoms with Crippen LogP contribution in [0.5, 0.6) is 0 Å². The molecule has 1 aliphatic rings. The molecule has 19 heavy (non-hydrogen) atoms. The molecule has 1 fully saturated rings. The molecule has 0 aliphatic heterocycles. The van der Waals surface area contributed by atoms with Crippen LogP contribution in [0.3, 0.4) is 0 Å². The zero-order chi connectivity index (χ0) is 14.5. The van der Waals surface area contributed by atoms with Crippen molar-refractivity contribution in [2.45, 2.75) is 58.4 Å². The normalized spacial score (nSPS) is 18.1. The van der Waals surface area contributed by atoms with Crippen LogP contribution in [0.1, 0.15) is 52.9 Å². The van der Waals surface area contributed by atoms with Gasteiger partial charge in [0.15, 0.2) is 0 Å². The van der Waals surface area contributed by atoms with Crippen LogP contribution in [0.15, 0.2) is 0 Å². The number of carbonyl (C=O) groups is 2. The monoisotopic (exact) mass is 270 g/mol. The Labute approximate surface area is 115 Å². The second kappa shape index (κ2) is 6.37. The molecule has 5 heteroatoms. The Morgan fingerprint density at radius 2 is 1.74 bits per heavy atom. The first-order valence-electron chi connectivity index (χ1n) is 6.95. The topological polar surface area (TPSA) is 78.4 Å². The summed E-state index contributed by atoms with van der Waals surface area (Å²) in [5, 5.41) is 14.9. The van der Waals surface area contributed by atoms with Gasteiger partial charge in [-0.05, 0) is 18.3 Å². The van der Waals surface area contributed by atoms with Crippen molar-refractivity contribution < 1.29 is 14.7 Å². The Morgan fingerprint density at radius 3 is 2.21 bits per heavy atom. The lowest BCUT2D eigenvalue weighted by atomic mass is 9.92. The summed E-state index contributed by atoms with van der Waals surface area (Å²) < 4.78 is 0. The Hall–Kier alpha value is -1.10. The maximum absolute atomic E-state index is 11.8. The van der Waals surface area contributed by atoms with Crippen molar-refractivity contribution >= 4 is 11.8 Å². The fraction of sp³-hybridized carbons (Fsp3) is 0.857. The van der Waals surface area contributed by atoms with Crippen molar-refractivity contribution in [2.75, 3.05) is 13.2 Å². The summed E-state index contributed by atoms with van der Waals surface area (Å²) in [5.74, 6) is -0.342. The highest BCUT2D eigenvalue weighted by Gasteiger charge is 2.34. The highest BCUT2D eigenvalue weighted by Crippen LogP contribution is 2.28. The van der Waals surface area contributed by atoms with Crippen LogP contribution < -0.4 is 10.6 Å². The highest BCUT2D eigenvalue weighted by molar-refractivity contribution is 5.85. The predicted octanol–water partition coefficient (Wildman–Crippen LogP) is 0.960. The van der Waals surface area contributed by atoms with Crippen molar-refractivity contribution in [2.24, 2.45) is 5.41 Å². The van der Waals surface area contributed by atoms with Gasteiger partial charge in [-0.3, -0.25) is 9.59 Å². The molecule has 0 bridgehead atoms. The third kappa shape index (κ3) is 5.59. The van der Waals surface area contributed by atoms with Crippen molar-refractivity contribution in [3.05, 3.63) is 0 Å². The maximum Gasteiger partial charge on any atom is 0.239 e. The van der Waals surface area contributed by atoms with Gasteiger partial charge in [0.1, 0.15) is 0 Å². The Bertz CT molecular complexity index is 328. The Morgan fingerprint density at radius 1 is 1.16 bits per heavy atom. The van der Waals surface area contributed by atoms with Crippen LogP contribution in [-0.4, -0.2) is 35.6 Å². The van der Waals surface area contributed by atoms with E-state index >= 15 is 0 Å². The minimum Gasteiger partial charge on any atom is -0.394 e. The summed E-state index contributed by atoms with van der Waals surface area (Å²) in [6.45, 7) is 5.88. The van der Waals surface area contributed by atoms with Gasteiger partial charge in [-0.15, -0.1) is 0 Å². The molecular weight excluding hydrogens is 244 g/mol. The summed E-state index contributed by atoms with van der Waals surface area (Å²) in [7, 11) is 0. The zero-order valence-electron chi connectivity index (χ0n) is 12.2. The Kier molecular flexibility index (Phi) is 5.35. The van der Waals surface area contributed by atoms with Gasteiger partial charge in [-0.1, -0.05) is 33.6 Å². The molecule has 1 aliphatic carbocycles. The summed E-state index contributed by atoms with van der Waals surface area (Å²) in [5.41, 5.74) is -0.551. The molecule has 0 unspecified atom stereocenters. The molecule has 1 rings (SSSR count). The molecule has 0 aromatic rings. The van der Waals surface area contributed by atoms with E-state index in [4.69, 9.17) is 0 Å². The number of nitrogens with one attached hydrogen (secondary N) is 2. The van der Waals surface area contributed by atoms with Gasteiger partial charge in [-0.25, -0.2) is 0 Å². The molecule has 1 saturated carbocycles. The van der Waals surface area contributed by atoms with Gasteiger partial charge < -0.3 is 15.7 Å². The van der Waals surface area contributed by atoms with Gasteiger partial charge in [0, 0.05) is 6.42 Å². The summed E-state index contributed by atoms with van der Waals surface area (Å²) in [6, 6.07) is 0. The molecule has 0 aromatic carbocycles. The molecular formula is C14H26N2O3. The molecule has 0 aromatic heterocycles. The molecule has 5 nitrogen and oxygen atoms in total. The number of rotatable bonds is 5. The largest absolute Gasteiger partial charge is 0.394 e. The predicted molar refractivity (Wildman–Crippen MR) is 73.5 cm³/mol. The Balaban J connectivity index is 2.33. The molecule has 0 atom stereocenters. The summed E-state index contributed by atoms with van der Waals surface area (Å²) in [6.07, 6.45) is 4.07. The fourth-order valence-corrected chi connectivity index (χ4v) is 2.44. The van der Waals surface area contributed by atoms with E-state index in [2.05, 4.69) is 10.6 Å². The molecule has 0 saturated heterocycles. The number of hydrogen-bond acceptors (Lipinski definition) is 3. The van der Waals surface area contributed by atoms with E-state index in [-0.39, 0.29) is 30.4 Å². The molecule has 0 spiro atoms. The molecule has 0 radical (unpaired) electrons. The lowest BCUT2D eigenvalue weighted by molar-refractivity contribution is -0.128. The van der Waals surface area contributed by atoms with Crippen LogP contribution in [0.4, 0.5) is 0 Å². The van der Waals surface area contributed by atoms with Crippen LogP contribution in [0.2, 0.25) is 0 Å². The van der Waals surface area contributed by atoms with E-state index in [0.29, 0.717) is 6.42 Å². The van der Waals surface area contributed by atoms with E-state index in [9.17, 15) is 14.7 Å². The number of aliphatic hydroxyl groups is 1. The van der Waals surface area contributed by atoms with E-state index in [0.717, 1.165) is 25.7 Å². The summed E-state index contributed by atoms with van der Waals surface area (Å²) >= 11 is 0. The van der Waals surface area contributed by atoms with Crippen LogP contribution in [0, 0.1) is 5.41 Å². The average Bonchev–Trinajstić information content (AvgIpc) is 2.73. The number of amides is 2. The second-order valence-corrected chi connectivity index (χ2v) is 6.71. The van der Waals surface area contributed by atoms with Crippen molar-refractivity contribution in [3.63, 3.8) is 0 Å². The summed E-state index contributed by atoms with van der Waals surface area (Å²) in [4.78, 5) is 23.4. The van der Waals surface area contributed by atoms with Crippen LogP contribution >= 0.6 is 0 Å². The molecule has 2 amide bonds. The van der Waals surface area contributed by atoms with E-state index in [1.807, 2.05) is 20.8 Å². The number of carbonyl (C=O) groups excluding carboxylic acids is 2. The van der Waals surface area contributed by atoms with E-state index in [1.165, 1.54) is 0 Å². The first kappa shape index (κ1) is 16.0. The first-order valence-corrected chi connectivity index (χ1v) is 6.95. The third-order valence-corrected chi connectivity index (χ3v) is 3.40. The van der Waals surface area contributed by atoms with Gasteiger partial charge >= 0.3 is 0 Å². The van der Waals surface area contributed by atoms with Gasteiger partial charge in [0.05, 0.1) is 18.7 Å². The van der Waals surface area contributed by atoms with Gasteiger partial charge in [0.25, 0.3) is 0 Å². The molecule has 110 valence electrons. The van der Waals surface area contributed by atoms with Crippen LogP contribution in [-0.2, 0) is 9.59 Å². The second-order valence-electron chi connectivity index (χ2n) is 6.71. The third-order valence-electron chi connectivity index (χ3n) is 3.40. The lowest BCUT2D eigenvalue weighted by Crippen LogP contribution is -2.52. The maximum atomic E-state index is 11.8. The van der Waals surface area contributed by atoms with Crippen LogP contribution in [0.25, 0.3) is 0 Å². The van der Waals surface area contributed by atoms with Gasteiger partial charge in [-0.2, -0.15) is 0 Å². The SMILES string of the molecule is CC(C)(C)CC(=O)NCC(=O)NC1(CO)CCCC1. The highest BCUT2D eigenvalue weighted by atomic mass is 16.3. The van der Waals surface area contributed by atoms with E-state index < -0.39 is 5.54 Å². The number of aliphatic hydroxyl groups excluding tert-OH is 1. The van der Waals surface area contributed by atoms with Crippen molar-refractivity contribution in [1.29, 1.82) is 0 Å². The smallest absolute Gasteiger partial charge is 0.239 e. The lowest BCUT2D eigenvalue weighted by Gasteiger charge is -2.28. The fourth-order valence-electron chi connectivity index (χ4n) is 2.44.